The first-order valence-corrected chi connectivity index (χ1v) is 8.72. The number of ether oxygens (including phenoxy) is 3. The smallest absolute Gasteiger partial charge is 0.258 e. The Labute approximate surface area is 154 Å². The lowest BCUT2D eigenvalue weighted by atomic mass is 9.89. The summed E-state index contributed by atoms with van der Waals surface area (Å²) in [5.74, 6) is 1.96. The third kappa shape index (κ3) is 4.28. The van der Waals surface area contributed by atoms with Crippen LogP contribution in [-0.4, -0.2) is 25.2 Å². The molecule has 0 aliphatic carbocycles. The zero-order chi connectivity index (χ0) is 18.7. The number of hydrogen-bond donors (Lipinski definition) is 1. The van der Waals surface area contributed by atoms with Crippen LogP contribution in [0.25, 0.3) is 0 Å². The van der Waals surface area contributed by atoms with Gasteiger partial charge in [0, 0.05) is 18.1 Å². The van der Waals surface area contributed by atoms with E-state index in [-0.39, 0.29) is 24.2 Å². The van der Waals surface area contributed by atoms with E-state index in [2.05, 4.69) is 5.32 Å². The number of amides is 1. The van der Waals surface area contributed by atoms with Crippen LogP contribution in [-0.2, 0) is 4.79 Å². The first-order valence-electron chi connectivity index (χ1n) is 8.72. The van der Waals surface area contributed by atoms with E-state index < -0.39 is 0 Å². The summed E-state index contributed by atoms with van der Waals surface area (Å²) in [5.41, 5.74) is 1.80. The molecule has 26 heavy (non-hydrogen) atoms. The maximum Gasteiger partial charge on any atom is 0.258 e. The Kier molecular flexibility index (Phi) is 5.07. The molecule has 138 valence electrons. The summed E-state index contributed by atoms with van der Waals surface area (Å²) in [7, 11) is 1.60. The molecule has 0 saturated heterocycles. The monoisotopic (exact) mass is 355 g/mol. The zero-order valence-electron chi connectivity index (χ0n) is 15.7. The van der Waals surface area contributed by atoms with Gasteiger partial charge in [0.05, 0.1) is 13.2 Å². The largest absolute Gasteiger partial charge is 0.497 e. The highest BCUT2D eigenvalue weighted by Gasteiger charge is 2.34. The summed E-state index contributed by atoms with van der Waals surface area (Å²) in [6.45, 7) is 6.04. The summed E-state index contributed by atoms with van der Waals surface area (Å²) in [5, 5.41) is 3.07. The minimum atomic E-state index is -0.341. The van der Waals surface area contributed by atoms with Crippen molar-refractivity contribution in [3.63, 3.8) is 0 Å². The number of benzene rings is 2. The molecule has 0 spiro atoms. The molecule has 0 radical (unpaired) electrons. The Morgan fingerprint density at radius 2 is 2.00 bits per heavy atom. The highest BCUT2D eigenvalue weighted by atomic mass is 16.5. The van der Waals surface area contributed by atoms with Crippen LogP contribution in [0.3, 0.4) is 0 Å². The summed E-state index contributed by atoms with van der Waals surface area (Å²) < 4.78 is 16.8. The molecule has 1 amide bonds. The second-order valence-electron chi connectivity index (χ2n) is 7.19. The van der Waals surface area contributed by atoms with Crippen LogP contribution < -0.4 is 19.5 Å². The first kappa shape index (κ1) is 18.1. The molecule has 0 unspecified atom stereocenters. The zero-order valence-corrected chi connectivity index (χ0v) is 15.7. The highest BCUT2D eigenvalue weighted by Crippen LogP contribution is 2.39. The van der Waals surface area contributed by atoms with Crippen LogP contribution in [0, 0.1) is 6.92 Å². The molecule has 0 saturated carbocycles. The summed E-state index contributed by atoms with van der Waals surface area (Å²) in [6.07, 6.45) is 0.702. The number of aryl methyl sites for hydroxylation is 1. The fraction of sp³-hybridized carbons (Fsp3) is 0.381. The van der Waals surface area contributed by atoms with Gasteiger partial charge in [0.15, 0.2) is 6.61 Å². The Hall–Kier alpha value is -2.69. The van der Waals surface area contributed by atoms with Crippen molar-refractivity contribution in [1.82, 2.24) is 5.32 Å². The average molecular weight is 355 g/mol. The Bertz CT molecular complexity index is 800. The minimum Gasteiger partial charge on any atom is -0.497 e. The van der Waals surface area contributed by atoms with E-state index >= 15 is 0 Å². The molecule has 3 rings (SSSR count). The van der Waals surface area contributed by atoms with E-state index in [1.54, 1.807) is 19.2 Å². The van der Waals surface area contributed by atoms with Gasteiger partial charge in [-0.3, -0.25) is 4.79 Å². The van der Waals surface area contributed by atoms with Crippen LogP contribution in [0.4, 0.5) is 0 Å². The van der Waals surface area contributed by atoms with Gasteiger partial charge in [-0.05, 0) is 44.5 Å². The molecule has 2 aromatic carbocycles. The molecule has 1 N–H and O–H groups in total. The molecule has 5 heteroatoms. The average Bonchev–Trinajstić information content (AvgIpc) is 2.58. The molecule has 2 aromatic rings. The number of methoxy groups -OCH3 is 1. The summed E-state index contributed by atoms with van der Waals surface area (Å²) in [4.78, 5) is 12.4. The van der Waals surface area contributed by atoms with E-state index in [1.165, 1.54) is 0 Å². The molecule has 1 atom stereocenters. The summed E-state index contributed by atoms with van der Waals surface area (Å²) >= 11 is 0. The van der Waals surface area contributed by atoms with Gasteiger partial charge >= 0.3 is 0 Å². The Morgan fingerprint density at radius 3 is 2.77 bits per heavy atom. The Balaban J connectivity index is 1.67. The van der Waals surface area contributed by atoms with Crippen molar-refractivity contribution in [3.05, 3.63) is 53.6 Å². The van der Waals surface area contributed by atoms with Crippen LogP contribution in [0.15, 0.2) is 42.5 Å². The van der Waals surface area contributed by atoms with Gasteiger partial charge in [-0.25, -0.2) is 0 Å². The molecule has 5 nitrogen and oxygen atoms in total. The molecule has 0 bridgehead atoms. The number of hydrogen-bond acceptors (Lipinski definition) is 4. The maximum absolute atomic E-state index is 12.4. The van der Waals surface area contributed by atoms with Crippen molar-refractivity contribution in [3.8, 4) is 17.2 Å². The second kappa shape index (κ2) is 7.28. The van der Waals surface area contributed by atoms with Gasteiger partial charge in [-0.15, -0.1) is 0 Å². The third-order valence-electron chi connectivity index (χ3n) is 4.37. The molecular weight excluding hydrogens is 330 g/mol. The fourth-order valence-electron chi connectivity index (χ4n) is 3.16. The quantitative estimate of drug-likeness (QED) is 0.886. The van der Waals surface area contributed by atoms with Gasteiger partial charge in [-0.2, -0.15) is 0 Å². The van der Waals surface area contributed by atoms with Crippen LogP contribution >= 0.6 is 0 Å². The van der Waals surface area contributed by atoms with E-state index in [1.807, 2.05) is 51.1 Å². The first-order chi connectivity index (χ1) is 12.4. The SMILES string of the molecule is COc1cccc(OCC(=O)N[C@H]2CC(C)(C)Oc3cc(C)ccc32)c1. The van der Waals surface area contributed by atoms with Gasteiger partial charge < -0.3 is 19.5 Å². The summed E-state index contributed by atoms with van der Waals surface area (Å²) in [6, 6.07) is 13.2. The molecule has 0 aromatic heterocycles. The van der Waals surface area contributed by atoms with Crippen molar-refractivity contribution in [2.24, 2.45) is 0 Å². The minimum absolute atomic E-state index is 0.0495. The predicted octanol–water partition coefficient (Wildman–Crippen LogP) is 3.80. The normalized spacial score (nSPS) is 17.6. The van der Waals surface area contributed by atoms with Gasteiger partial charge in [0.25, 0.3) is 5.91 Å². The maximum atomic E-state index is 12.4. The van der Waals surface area contributed by atoms with Crippen molar-refractivity contribution < 1.29 is 19.0 Å². The highest BCUT2D eigenvalue weighted by molar-refractivity contribution is 5.78. The van der Waals surface area contributed by atoms with E-state index in [4.69, 9.17) is 14.2 Å². The van der Waals surface area contributed by atoms with Gasteiger partial charge in [0.2, 0.25) is 0 Å². The van der Waals surface area contributed by atoms with E-state index in [9.17, 15) is 4.79 Å². The van der Waals surface area contributed by atoms with Crippen LogP contribution in [0.1, 0.15) is 37.4 Å². The lowest BCUT2D eigenvalue weighted by Gasteiger charge is -2.38. The Morgan fingerprint density at radius 1 is 1.23 bits per heavy atom. The standard InChI is InChI=1S/C21H25NO4/c1-14-8-9-17-18(12-21(2,3)26-19(17)10-14)22-20(23)13-25-16-7-5-6-15(11-16)24-4/h5-11,18H,12-13H2,1-4H3,(H,22,23)/t18-/m0/s1. The molecular formula is C21H25NO4. The van der Waals surface area contributed by atoms with Crippen molar-refractivity contribution >= 4 is 5.91 Å². The molecule has 1 heterocycles. The number of carbonyl (C=O) groups excluding carboxylic acids is 1. The predicted molar refractivity (Wildman–Crippen MR) is 99.9 cm³/mol. The number of fused-ring (bicyclic) bond motifs is 1. The van der Waals surface area contributed by atoms with Crippen LogP contribution in [0.5, 0.6) is 17.2 Å². The molecule has 0 fully saturated rings. The second-order valence-corrected chi connectivity index (χ2v) is 7.19. The van der Waals surface area contributed by atoms with Crippen molar-refractivity contribution in [2.45, 2.75) is 38.8 Å². The van der Waals surface area contributed by atoms with Crippen molar-refractivity contribution in [1.29, 1.82) is 0 Å². The number of carbonyl (C=O) groups is 1. The number of nitrogens with one attached hydrogen (secondary N) is 1. The molecule has 1 aliphatic heterocycles. The lowest BCUT2D eigenvalue weighted by Crippen LogP contribution is -2.42. The van der Waals surface area contributed by atoms with Crippen LogP contribution in [0.2, 0.25) is 0 Å². The van der Waals surface area contributed by atoms with E-state index in [0.29, 0.717) is 17.9 Å². The van der Waals surface area contributed by atoms with Gasteiger partial charge in [-0.1, -0.05) is 18.2 Å². The number of rotatable bonds is 5. The van der Waals surface area contributed by atoms with Gasteiger partial charge in [0.1, 0.15) is 22.8 Å². The topological polar surface area (TPSA) is 56.8 Å². The third-order valence-corrected chi connectivity index (χ3v) is 4.37. The van der Waals surface area contributed by atoms with Crippen molar-refractivity contribution in [2.75, 3.05) is 13.7 Å². The molecule has 1 aliphatic rings. The fourth-order valence-corrected chi connectivity index (χ4v) is 3.16. The lowest BCUT2D eigenvalue weighted by molar-refractivity contribution is -0.124. The van der Waals surface area contributed by atoms with E-state index in [0.717, 1.165) is 16.9 Å².